The summed E-state index contributed by atoms with van der Waals surface area (Å²) in [6.45, 7) is 14.6. The second-order valence-corrected chi connectivity index (χ2v) is 20.4. The number of carbonyl (C=O) groups excluding carboxylic acids is 5. The first kappa shape index (κ1) is 46.9. The lowest BCUT2D eigenvalue weighted by Gasteiger charge is -2.45. The van der Waals surface area contributed by atoms with E-state index in [9.17, 15) is 33.9 Å². The Hall–Kier alpha value is -5.58. The largest absolute Gasteiger partial charge is 0.481 e. The zero-order chi connectivity index (χ0) is 52.6. The zero-order valence-corrected chi connectivity index (χ0v) is 40.0. The molecule has 0 amide bonds. The van der Waals surface area contributed by atoms with Crippen molar-refractivity contribution in [3.8, 4) is 11.6 Å². The third-order valence-electron chi connectivity index (χ3n) is 10.0. The van der Waals surface area contributed by atoms with E-state index >= 15 is 0 Å². The standard InChI is InChI=1S/C49H69N3O14/c1-45(2,3)40(55)60-27-31-34(63-42(57)47(7,8)9)35(64-43(58)48(10,11)12)36(65-44(59)49(13,14)15)39(62-31)66-38-33-29(24-25-50-37(33)52(51-38)26-16-17-32(53)54)21-18-28-19-22-30(23-20-28)61-41(56)46(4,5)6/h19-20,22-25,31,34-36,39H,16-18,21,26-27H2,1-15H3,(H,53,54)/t31-,34-,35+,36-,39?/m1/s1/i1D,7D,10D,13D. The number of hydrogen-bond donors (Lipinski definition) is 1. The van der Waals surface area contributed by atoms with Gasteiger partial charge in [-0.2, -0.15) is 0 Å². The number of aliphatic carboxylic acids is 1. The van der Waals surface area contributed by atoms with Gasteiger partial charge in [0, 0.05) is 24.6 Å². The maximum absolute atomic E-state index is 14.1. The summed E-state index contributed by atoms with van der Waals surface area (Å²) in [5.74, 6) is -4.90. The van der Waals surface area contributed by atoms with Crippen molar-refractivity contribution in [2.24, 2.45) is 27.1 Å². The average molecular weight is 928 g/mol. The Morgan fingerprint density at radius 2 is 1.24 bits per heavy atom. The van der Waals surface area contributed by atoms with Gasteiger partial charge < -0.3 is 38.3 Å². The van der Waals surface area contributed by atoms with Crippen molar-refractivity contribution in [2.75, 3.05) is 6.61 Å². The number of aromatic nitrogens is 3. The molecule has 364 valence electrons. The van der Waals surface area contributed by atoms with Gasteiger partial charge in [0.25, 0.3) is 0 Å². The molecule has 1 saturated heterocycles. The molecule has 1 aliphatic rings. The molecule has 5 atom stereocenters. The summed E-state index contributed by atoms with van der Waals surface area (Å²) in [7, 11) is 0. The molecule has 17 heteroatoms. The van der Waals surface area contributed by atoms with E-state index in [2.05, 4.69) is 4.98 Å². The van der Waals surface area contributed by atoms with Gasteiger partial charge in [-0.05, 0) is 152 Å². The molecule has 1 fully saturated rings. The van der Waals surface area contributed by atoms with Gasteiger partial charge in [-0.3, -0.25) is 28.8 Å². The number of rotatable bonds is 15. The van der Waals surface area contributed by atoms with Gasteiger partial charge in [-0.1, -0.05) is 12.1 Å². The van der Waals surface area contributed by atoms with Crippen molar-refractivity contribution >= 4 is 46.8 Å². The molecule has 1 aliphatic heterocycles. The van der Waals surface area contributed by atoms with Crippen molar-refractivity contribution in [3.63, 3.8) is 0 Å². The maximum Gasteiger partial charge on any atom is 0.316 e. The first-order valence-corrected chi connectivity index (χ1v) is 21.7. The summed E-state index contributed by atoms with van der Waals surface area (Å²) in [4.78, 5) is 84.0. The number of fused-ring (bicyclic) bond motifs is 1. The van der Waals surface area contributed by atoms with E-state index in [0.717, 1.165) is 5.56 Å². The molecule has 0 aliphatic carbocycles. The molecule has 1 N–H and O–H groups in total. The number of carbonyl (C=O) groups is 6. The van der Waals surface area contributed by atoms with E-state index < -0.39 is 121 Å². The smallest absolute Gasteiger partial charge is 0.316 e. The molecule has 0 bridgehead atoms. The molecule has 2 aromatic heterocycles. The van der Waals surface area contributed by atoms with Crippen LogP contribution >= 0.6 is 0 Å². The monoisotopic (exact) mass is 928 g/mol. The van der Waals surface area contributed by atoms with Gasteiger partial charge >= 0.3 is 35.8 Å². The highest BCUT2D eigenvalue weighted by molar-refractivity contribution is 5.85. The minimum absolute atomic E-state index is 0.0651. The minimum Gasteiger partial charge on any atom is -0.481 e. The van der Waals surface area contributed by atoms with Crippen LogP contribution in [0.2, 0.25) is 0 Å². The van der Waals surface area contributed by atoms with Crippen molar-refractivity contribution in [1.82, 2.24) is 14.8 Å². The summed E-state index contributed by atoms with van der Waals surface area (Å²) in [5, 5.41) is 14.5. The van der Waals surface area contributed by atoms with E-state index in [4.69, 9.17) is 43.7 Å². The Morgan fingerprint density at radius 1 is 0.697 bits per heavy atom. The summed E-state index contributed by atoms with van der Waals surface area (Å²) >= 11 is 0. The second-order valence-electron chi connectivity index (χ2n) is 20.4. The summed E-state index contributed by atoms with van der Waals surface area (Å²) < 4.78 is 76.4. The Bertz CT molecular complexity index is 2340. The minimum atomic E-state index is -1.82. The molecule has 0 radical (unpaired) electrons. The van der Waals surface area contributed by atoms with Gasteiger partial charge in [0.2, 0.25) is 18.3 Å². The number of benzene rings is 1. The normalized spacial score (nSPS) is 20.2. The van der Waals surface area contributed by atoms with Crippen LogP contribution < -0.4 is 9.47 Å². The lowest BCUT2D eigenvalue weighted by atomic mass is 9.93. The molecule has 0 saturated carbocycles. The van der Waals surface area contributed by atoms with Crippen LogP contribution in [0.5, 0.6) is 11.6 Å². The number of hydrogen-bond acceptors (Lipinski definition) is 15. The number of pyridine rings is 1. The Balaban J connectivity index is 1.93. The Morgan fingerprint density at radius 3 is 1.79 bits per heavy atom. The Labute approximate surface area is 393 Å². The summed E-state index contributed by atoms with van der Waals surface area (Å²) in [5.41, 5.74) is -4.57. The van der Waals surface area contributed by atoms with E-state index in [0.29, 0.717) is 29.5 Å². The Kier molecular flexibility index (Phi) is 14.6. The van der Waals surface area contributed by atoms with Crippen LogP contribution in [-0.2, 0) is 71.8 Å². The third-order valence-corrected chi connectivity index (χ3v) is 10.0. The molecule has 1 aromatic carbocycles. The molecule has 17 nitrogen and oxygen atoms in total. The van der Waals surface area contributed by atoms with Crippen LogP contribution in [-0.4, -0.2) is 93.0 Å². The topological polar surface area (TPSA) is 218 Å². The van der Waals surface area contributed by atoms with Crippen molar-refractivity contribution in [3.05, 3.63) is 47.7 Å². The SMILES string of the molecule is [2H]CC(C)(C)C(=O)OC[C@H]1OC(Oc2nn(CCCC(=O)O)c3nccc(CCc4ccc(OC(=O)C(C)(C)C)cc4)c23)[C@H](OC(=O)C(C)(C)C[2H])[C@@H](OC(=O)C(C)(C)C[2H])[C@@H]1OC(=O)C(C)(C)C[2H]. The fraction of sp³-hybridized carbons (Fsp3) is 0.633. The summed E-state index contributed by atoms with van der Waals surface area (Å²) in [6.07, 6.45) is -6.44. The summed E-state index contributed by atoms with van der Waals surface area (Å²) in [6, 6.07) is 8.75. The molecular weight excluding hydrogens is 855 g/mol. The molecule has 3 heterocycles. The number of carboxylic acids is 1. The van der Waals surface area contributed by atoms with Gasteiger partial charge in [-0.25, -0.2) is 9.67 Å². The van der Waals surface area contributed by atoms with Crippen LogP contribution in [0.25, 0.3) is 11.0 Å². The molecule has 0 spiro atoms. The van der Waals surface area contributed by atoms with E-state index in [1.165, 1.54) is 60.1 Å². The lowest BCUT2D eigenvalue weighted by Crippen LogP contribution is -2.65. The predicted octanol–water partition coefficient (Wildman–Crippen LogP) is 7.60. The third kappa shape index (κ3) is 14.2. The quantitative estimate of drug-likeness (QED) is 0.0881. The molecular formula is C49H69N3O14. The molecule has 3 aromatic rings. The molecule has 4 rings (SSSR count). The number of aryl methyl sites for hydroxylation is 3. The van der Waals surface area contributed by atoms with Crippen LogP contribution in [0.1, 0.15) is 133 Å². The van der Waals surface area contributed by atoms with Gasteiger partial charge in [0.15, 0.2) is 17.9 Å². The average Bonchev–Trinajstić information content (AvgIpc) is 3.65. The highest BCUT2D eigenvalue weighted by Gasteiger charge is 2.56. The maximum atomic E-state index is 14.1. The van der Waals surface area contributed by atoms with Crippen LogP contribution in [0.15, 0.2) is 36.5 Å². The zero-order valence-electron chi connectivity index (χ0n) is 44.0. The second kappa shape index (κ2) is 20.5. The molecule has 66 heavy (non-hydrogen) atoms. The first-order chi connectivity index (χ1) is 32.5. The number of esters is 5. The lowest BCUT2D eigenvalue weighted by molar-refractivity contribution is -0.294. The highest BCUT2D eigenvalue weighted by Crippen LogP contribution is 2.37. The predicted molar refractivity (Wildman–Crippen MR) is 241 cm³/mol. The van der Waals surface area contributed by atoms with Crippen LogP contribution in [0.4, 0.5) is 0 Å². The van der Waals surface area contributed by atoms with E-state index in [-0.39, 0.29) is 37.8 Å². The van der Waals surface area contributed by atoms with Gasteiger partial charge in [-0.15, -0.1) is 5.10 Å². The number of ether oxygens (including phenoxy) is 7. The van der Waals surface area contributed by atoms with Crippen LogP contribution in [0.3, 0.4) is 0 Å². The molecule has 1 unspecified atom stereocenters. The van der Waals surface area contributed by atoms with Crippen LogP contribution in [0, 0.1) is 27.1 Å². The van der Waals surface area contributed by atoms with Crippen molar-refractivity contribution < 1.29 is 72.5 Å². The van der Waals surface area contributed by atoms with E-state index in [1.807, 2.05) is 12.1 Å². The van der Waals surface area contributed by atoms with E-state index in [1.54, 1.807) is 45.2 Å². The van der Waals surface area contributed by atoms with Gasteiger partial charge in [0.05, 0.1) is 32.5 Å². The fourth-order valence-corrected chi connectivity index (χ4v) is 6.04. The van der Waals surface area contributed by atoms with Crippen molar-refractivity contribution in [2.45, 2.75) is 167 Å². The number of nitrogens with zero attached hydrogens (tertiary/aromatic N) is 3. The first-order valence-electron chi connectivity index (χ1n) is 24.5. The van der Waals surface area contributed by atoms with Crippen molar-refractivity contribution in [1.29, 1.82) is 0 Å². The number of carboxylic acid groups (broad SMARTS) is 1. The highest BCUT2D eigenvalue weighted by atomic mass is 16.7. The fourth-order valence-electron chi connectivity index (χ4n) is 6.04. The van der Waals surface area contributed by atoms with Gasteiger partial charge in [0.1, 0.15) is 18.5 Å².